The van der Waals surface area contributed by atoms with Crippen molar-refractivity contribution in [3.63, 3.8) is 0 Å². The zero-order chi connectivity index (χ0) is 12.1. The van der Waals surface area contributed by atoms with Crippen molar-refractivity contribution < 1.29 is 9.84 Å². The van der Waals surface area contributed by atoms with Gasteiger partial charge >= 0.3 is 0 Å². The first-order valence-corrected chi connectivity index (χ1v) is 5.51. The first kappa shape index (κ1) is 13.0. The number of aliphatic hydroxyl groups excluding tert-OH is 1. The molecule has 0 saturated heterocycles. The van der Waals surface area contributed by atoms with Gasteiger partial charge in [-0.05, 0) is 37.7 Å². The maximum atomic E-state index is 10.1. The first-order valence-electron chi connectivity index (χ1n) is 5.51. The van der Waals surface area contributed by atoms with E-state index in [1.165, 1.54) is 0 Å². The maximum Gasteiger partial charge on any atom is 0.118 e. The van der Waals surface area contributed by atoms with Gasteiger partial charge in [0, 0.05) is 6.54 Å². The van der Waals surface area contributed by atoms with E-state index in [1.807, 2.05) is 38.4 Å². The SMILES string of the molecule is COc1ccc(C(O)C(C)CN(C)C)cc1. The highest BCUT2D eigenvalue weighted by molar-refractivity contribution is 5.28. The molecule has 16 heavy (non-hydrogen) atoms. The predicted molar refractivity (Wildman–Crippen MR) is 65.7 cm³/mol. The molecule has 0 fully saturated rings. The van der Waals surface area contributed by atoms with Crippen molar-refractivity contribution in [2.24, 2.45) is 5.92 Å². The monoisotopic (exact) mass is 223 g/mol. The molecule has 0 aliphatic carbocycles. The number of rotatable bonds is 5. The lowest BCUT2D eigenvalue weighted by molar-refractivity contribution is 0.100. The van der Waals surface area contributed by atoms with Crippen LogP contribution >= 0.6 is 0 Å². The Hall–Kier alpha value is -1.06. The smallest absolute Gasteiger partial charge is 0.118 e. The highest BCUT2D eigenvalue weighted by atomic mass is 16.5. The average molecular weight is 223 g/mol. The minimum Gasteiger partial charge on any atom is -0.497 e. The molecule has 2 atom stereocenters. The van der Waals surface area contributed by atoms with E-state index in [2.05, 4.69) is 11.8 Å². The number of aliphatic hydroxyl groups is 1. The fourth-order valence-electron chi connectivity index (χ4n) is 1.81. The van der Waals surface area contributed by atoms with Gasteiger partial charge in [0.05, 0.1) is 13.2 Å². The molecule has 0 radical (unpaired) electrons. The highest BCUT2D eigenvalue weighted by Gasteiger charge is 2.16. The van der Waals surface area contributed by atoms with Crippen LogP contribution < -0.4 is 4.74 Å². The molecule has 1 N–H and O–H groups in total. The largest absolute Gasteiger partial charge is 0.497 e. The zero-order valence-corrected chi connectivity index (χ0v) is 10.5. The molecule has 0 amide bonds. The molecule has 0 saturated carbocycles. The molecule has 1 aromatic carbocycles. The van der Waals surface area contributed by atoms with Gasteiger partial charge in [0.25, 0.3) is 0 Å². The molecule has 0 heterocycles. The van der Waals surface area contributed by atoms with Crippen molar-refractivity contribution in [1.29, 1.82) is 0 Å². The lowest BCUT2D eigenvalue weighted by atomic mass is 9.97. The first-order chi connectivity index (χ1) is 7.54. The summed E-state index contributed by atoms with van der Waals surface area (Å²) in [4.78, 5) is 2.08. The van der Waals surface area contributed by atoms with E-state index in [4.69, 9.17) is 4.74 Å². The van der Waals surface area contributed by atoms with Crippen molar-refractivity contribution >= 4 is 0 Å². The molecule has 0 aliphatic heterocycles. The zero-order valence-electron chi connectivity index (χ0n) is 10.5. The topological polar surface area (TPSA) is 32.7 Å². The highest BCUT2D eigenvalue weighted by Crippen LogP contribution is 2.24. The number of hydrogen-bond acceptors (Lipinski definition) is 3. The van der Waals surface area contributed by atoms with Crippen LogP contribution in [0.4, 0.5) is 0 Å². The number of nitrogens with zero attached hydrogens (tertiary/aromatic N) is 1. The third kappa shape index (κ3) is 3.51. The number of methoxy groups -OCH3 is 1. The van der Waals surface area contributed by atoms with Gasteiger partial charge < -0.3 is 14.7 Å². The van der Waals surface area contributed by atoms with Gasteiger partial charge in [0.1, 0.15) is 5.75 Å². The van der Waals surface area contributed by atoms with E-state index in [0.29, 0.717) is 0 Å². The molecule has 3 heteroatoms. The Labute approximate surface area is 97.7 Å². The van der Waals surface area contributed by atoms with Crippen LogP contribution in [0.15, 0.2) is 24.3 Å². The van der Waals surface area contributed by atoms with E-state index in [1.54, 1.807) is 7.11 Å². The van der Waals surface area contributed by atoms with E-state index in [9.17, 15) is 5.11 Å². The summed E-state index contributed by atoms with van der Waals surface area (Å²) in [6.07, 6.45) is -0.423. The Morgan fingerprint density at radius 2 is 1.81 bits per heavy atom. The van der Waals surface area contributed by atoms with Gasteiger partial charge in [0.15, 0.2) is 0 Å². The van der Waals surface area contributed by atoms with Gasteiger partial charge in [-0.3, -0.25) is 0 Å². The molecule has 3 nitrogen and oxygen atoms in total. The standard InChI is InChI=1S/C13H21NO2/c1-10(9-14(2)3)13(15)11-5-7-12(16-4)8-6-11/h5-8,10,13,15H,9H2,1-4H3. The normalized spacial score (nSPS) is 14.9. The van der Waals surface area contributed by atoms with Gasteiger partial charge in [-0.1, -0.05) is 19.1 Å². The van der Waals surface area contributed by atoms with Crippen molar-refractivity contribution in [3.8, 4) is 5.75 Å². The molecule has 2 unspecified atom stereocenters. The number of hydrogen-bond donors (Lipinski definition) is 1. The maximum absolute atomic E-state index is 10.1. The van der Waals surface area contributed by atoms with E-state index < -0.39 is 6.10 Å². The number of ether oxygens (including phenoxy) is 1. The van der Waals surface area contributed by atoms with Crippen molar-refractivity contribution in [3.05, 3.63) is 29.8 Å². The minimum atomic E-state index is -0.423. The molecular formula is C13H21NO2. The van der Waals surface area contributed by atoms with Gasteiger partial charge in [-0.25, -0.2) is 0 Å². The van der Waals surface area contributed by atoms with Crippen molar-refractivity contribution in [2.75, 3.05) is 27.7 Å². The summed E-state index contributed by atoms with van der Waals surface area (Å²) >= 11 is 0. The molecule has 0 aliphatic rings. The Morgan fingerprint density at radius 1 is 1.25 bits per heavy atom. The lowest BCUT2D eigenvalue weighted by Gasteiger charge is -2.22. The van der Waals surface area contributed by atoms with Crippen molar-refractivity contribution in [1.82, 2.24) is 4.90 Å². The Kier molecular flexibility index (Phi) is 4.77. The quantitative estimate of drug-likeness (QED) is 0.828. The van der Waals surface area contributed by atoms with Crippen LogP contribution in [0, 0.1) is 5.92 Å². The van der Waals surface area contributed by atoms with Crippen LogP contribution in [-0.4, -0.2) is 37.8 Å². The van der Waals surface area contributed by atoms with Crippen LogP contribution in [0.25, 0.3) is 0 Å². The van der Waals surface area contributed by atoms with E-state index in [0.717, 1.165) is 17.9 Å². The fourth-order valence-corrected chi connectivity index (χ4v) is 1.81. The van der Waals surface area contributed by atoms with E-state index in [-0.39, 0.29) is 5.92 Å². The number of benzene rings is 1. The van der Waals surface area contributed by atoms with E-state index >= 15 is 0 Å². The molecule has 1 aromatic rings. The summed E-state index contributed by atoms with van der Waals surface area (Å²) in [5, 5.41) is 10.1. The summed E-state index contributed by atoms with van der Waals surface area (Å²) in [6, 6.07) is 7.58. The summed E-state index contributed by atoms with van der Waals surface area (Å²) < 4.78 is 5.08. The third-order valence-electron chi connectivity index (χ3n) is 2.65. The average Bonchev–Trinajstić information content (AvgIpc) is 2.27. The Balaban J connectivity index is 2.67. The summed E-state index contributed by atoms with van der Waals surface area (Å²) in [5.74, 6) is 1.03. The van der Waals surface area contributed by atoms with Crippen molar-refractivity contribution in [2.45, 2.75) is 13.0 Å². The van der Waals surface area contributed by atoms with Gasteiger partial charge in [0.2, 0.25) is 0 Å². The molecule has 90 valence electrons. The minimum absolute atomic E-state index is 0.211. The molecular weight excluding hydrogens is 202 g/mol. The van der Waals surface area contributed by atoms with Gasteiger partial charge in [-0.15, -0.1) is 0 Å². The Bertz CT molecular complexity index is 308. The lowest BCUT2D eigenvalue weighted by Crippen LogP contribution is -2.24. The van der Waals surface area contributed by atoms with Crippen LogP contribution in [-0.2, 0) is 0 Å². The summed E-state index contributed by atoms with van der Waals surface area (Å²) in [7, 11) is 5.66. The molecule has 0 aromatic heterocycles. The second-order valence-corrected chi connectivity index (χ2v) is 4.46. The Morgan fingerprint density at radius 3 is 2.25 bits per heavy atom. The third-order valence-corrected chi connectivity index (χ3v) is 2.65. The van der Waals surface area contributed by atoms with Crippen LogP contribution in [0.2, 0.25) is 0 Å². The second kappa shape index (κ2) is 5.87. The van der Waals surface area contributed by atoms with Crippen LogP contribution in [0.3, 0.4) is 0 Å². The van der Waals surface area contributed by atoms with Gasteiger partial charge in [-0.2, -0.15) is 0 Å². The molecule has 0 bridgehead atoms. The second-order valence-electron chi connectivity index (χ2n) is 4.46. The summed E-state index contributed by atoms with van der Waals surface area (Å²) in [5.41, 5.74) is 0.940. The van der Waals surface area contributed by atoms with Crippen LogP contribution in [0.1, 0.15) is 18.6 Å². The predicted octanol–water partition coefficient (Wildman–Crippen LogP) is 1.93. The summed E-state index contributed by atoms with van der Waals surface area (Å²) in [6.45, 7) is 2.92. The molecule has 1 rings (SSSR count). The van der Waals surface area contributed by atoms with Crippen LogP contribution in [0.5, 0.6) is 5.75 Å². The fraction of sp³-hybridized carbons (Fsp3) is 0.538. The molecule has 0 spiro atoms.